The van der Waals surface area contributed by atoms with Gasteiger partial charge < -0.3 is 18.6 Å². The number of benzene rings is 6. The van der Waals surface area contributed by atoms with E-state index >= 15 is 0 Å². The van der Waals surface area contributed by atoms with Crippen molar-refractivity contribution in [2.75, 3.05) is 11.9 Å². The highest BCUT2D eigenvalue weighted by molar-refractivity contribution is 6.12. The summed E-state index contributed by atoms with van der Waals surface area (Å²) in [5, 5.41) is 5.04. The summed E-state index contributed by atoms with van der Waals surface area (Å²) in [5.74, 6) is 0.980. The fourth-order valence-electron chi connectivity index (χ4n) is 7.47. The standard InChI is InChI=1S/C39H27N5/c1-41-38-23-27(19-18-25(38)24-42-37-17-9-5-13-32(37)40-39(41)42)44-35-16-8-4-12-30(35)31-22-26(20-21-36(31)44)43-33-14-6-2-10-28(33)29-11-3-7-15-34(29)43/h2-23H,24H2,1H3. The Labute approximate surface area is 253 Å². The molecule has 0 atom stereocenters. The molecule has 0 bridgehead atoms. The van der Waals surface area contributed by atoms with Gasteiger partial charge in [0, 0.05) is 40.0 Å². The maximum atomic E-state index is 4.98. The summed E-state index contributed by atoms with van der Waals surface area (Å²) in [7, 11) is 2.13. The number of aromatic nitrogens is 4. The molecular formula is C39H27N5. The number of para-hydroxylation sites is 5. The van der Waals surface area contributed by atoms with E-state index in [1.807, 2.05) is 0 Å². The lowest BCUT2D eigenvalue weighted by atomic mass is 10.1. The molecule has 9 aromatic rings. The van der Waals surface area contributed by atoms with Crippen molar-refractivity contribution >= 4 is 66.3 Å². The summed E-state index contributed by atoms with van der Waals surface area (Å²) in [5.41, 5.74) is 11.8. The minimum absolute atomic E-state index is 0.811. The first-order valence-corrected chi connectivity index (χ1v) is 15.1. The van der Waals surface area contributed by atoms with Gasteiger partial charge in [-0.25, -0.2) is 4.98 Å². The van der Waals surface area contributed by atoms with Gasteiger partial charge in [0.05, 0.1) is 45.3 Å². The van der Waals surface area contributed by atoms with Crippen molar-refractivity contribution in [2.45, 2.75) is 6.54 Å². The number of fused-ring (bicyclic) bond motifs is 10. The van der Waals surface area contributed by atoms with Crippen molar-refractivity contribution in [1.82, 2.24) is 18.7 Å². The van der Waals surface area contributed by atoms with Gasteiger partial charge in [-0.05, 0) is 66.2 Å². The largest absolute Gasteiger partial charge is 0.315 e. The van der Waals surface area contributed by atoms with E-state index in [4.69, 9.17) is 4.98 Å². The Bertz CT molecular complexity index is 2560. The van der Waals surface area contributed by atoms with Crippen molar-refractivity contribution in [1.29, 1.82) is 0 Å². The van der Waals surface area contributed by atoms with Crippen LogP contribution in [0.5, 0.6) is 0 Å². The van der Waals surface area contributed by atoms with Gasteiger partial charge in [-0.2, -0.15) is 0 Å². The molecular weight excluding hydrogens is 538 g/mol. The molecule has 44 heavy (non-hydrogen) atoms. The van der Waals surface area contributed by atoms with Gasteiger partial charge >= 0.3 is 0 Å². The Hall–Kier alpha value is -5.81. The number of hydrogen-bond acceptors (Lipinski definition) is 2. The number of nitrogens with zero attached hydrogens (tertiary/aromatic N) is 5. The lowest BCUT2D eigenvalue weighted by Crippen LogP contribution is -2.23. The second kappa shape index (κ2) is 8.62. The molecule has 0 spiro atoms. The highest BCUT2D eigenvalue weighted by atomic mass is 15.3. The fraction of sp³-hybridized carbons (Fsp3) is 0.0513. The van der Waals surface area contributed by atoms with E-state index in [1.54, 1.807) is 0 Å². The highest BCUT2D eigenvalue weighted by Crippen LogP contribution is 2.40. The molecule has 6 aromatic carbocycles. The molecule has 3 aromatic heterocycles. The Kier molecular flexibility index (Phi) is 4.64. The highest BCUT2D eigenvalue weighted by Gasteiger charge is 2.25. The van der Waals surface area contributed by atoms with Crippen molar-refractivity contribution < 1.29 is 0 Å². The number of anilines is 2. The zero-order chi connectivity index (χ0) is 28.9. The summed E-state index contributed by atoms with van der Waals surface area (Å²) < 4.78 is 7.12. The molecule has 0 fully saturated rings. The predicted molar refractivity (Wildman–Crippen MR) is 182 cm³/mol. The Morgan fingerprint density at radius 3 is 1.70 bits per heavy atom. The van der Waals surface area contributed by atoms with Crippen LogP contribution in [0.3, 0.4) is 0 Å². The van der Waals surface area contributed by atoms with Gasteiger partial charge in [0.2, 0.25) is 5.95 Å². The molecule has 10 rings (SSSR count). The number of imidazole rings is 1. The third kappa shape index (κ3) is 3.10. The predicted octanol–water partition coefficient (Wildman–Crippen LogP) is 9.36. The zero-order valence-corrected chi connectivity index (χ0v) is 24.1. The first kappa shape index (κ1) is 23.7. The third-order valence-electron chi connectivity index (χ3n) is 9.45. The lowest BCUT2D eigenvalue weighted by Gasteiger charge is -2.29. The molecule has 1 aliphatic heterocycles. The molecule has 0 N–H and O–H groups in total. The van der Waals surface area contributed by atoms with Gasteiger partial charge in [-0.15, -0.1) is 0 Å². The van der Waals surface area contributed by atoms with Crippen molar-refractivity contribution in [3.8, 4) is 11.4 Å². The van der Waals surface area contributed by atoms with Crippen LogP contribution in [0.15, 0.2) is 133 Å². The quantitative estimate of drug-likeness (QED) is 0.209. The van der Waals surface area contributed by atoms with Crippen LogP contribution >= 0.6 is 0 Å². The van der Waals surface area contributed by atoms with Crippen LogP contribution < -0.4 is 4.90 Å². The van der Waals surface area contributed by atoms with Crippen LogP contribution in [0, 0.1) is 0 Å². The Morgan fingerprint density at radius 1 is 0.500 bits per heavy atom. The molecule has 5 nitrogen and oxygen atoms in total. The molecule has 0 saturated heterocycles. The zero-order valence-electron chi connectivity index (χ0n) is 24.1. The molecule has 0 amide bonds. The molecule has 1 aliphatic rings. The van der Waals surface area contributed by atoms with Gasteiger partial charge in [0.15, 0.2) is 0 Å². The molecule has 0 saturated carbocycles. The maximum Gasteiger partial charge on any atom is 0.211 e. The van der Waals surface area contributed by atoms with E-state index in [9.17, 15) is 0 Å². The Balaban J connectivity index is 1.18. The van der Waals surface area contributed by atoms with Crippen LogP contribution in [-0.2, 0) is 6.54 Å². The van der Waals surface area contributed by atoms with Crippen molar-refractivity contribution in [3.63, 3.8) is 0 Å². The second-order valence-electron chi connectivity index (χ2n) is 11.8. The second-order valence-corrected chi connectivity index (χ2v) is 11.8. The topological polar surface area (TPSA) is 30.9 Å². The van der Waals surface area contributed by atoms with Crippen LogP contribution in [0.1, 0.15) is 5.56 Å². The lowest BCUT2D eigenvalue weighted by molar-refractivity contribution is 0.778. The smallest absolute Gasteiger partial charge is 0.211 e. The molecule has 4 heterocycles. The molecule has 208 valence electrons. The van der Waals surface area contributed by atoms with E-state index in [2.05, 4.69) is 159 Å². The van der Waals surface area contributed by atoms with E-state index in [-0.39, 0.29) is 0 Å². The van der Waals surface area contributed by atoms with Gasteiger partial charge in [0.1, 0.15) is 0 Å². The van der Waals surface area contributed by atoms with Crippen molar-refractivity contribution in [2.24, 2.45) is 0 Å². The van der Waals surface area contributed by atoms with E-state index in [0.717, 1.165) is 23.7 Å². The minimum atomic E-state index is 0.811. The molecule has 5 heteroatoms. The normalized spacial score (nSPS) is 13.0. The summed E-state index contributed by atoms with van der Waals surface area (Å²) >= 11 is 0. The van der Waals surface area contributed by atoms with Crippen LogP contribution in [-0.4, -0.2) is 25.7 Å². The van der Waals surface area contributed by atoms with Crippen molar-refractivity contribution in [3.05, 3.63) is 139 Å². The van der Waals surface area contributed by atoms with Crippen LogP contribution in [0.25, 0.3) is 66.0 Å². The fourth-order valence-corrected chi connectivity index (χ4v) is 7.47. The van der Waals surface area contributed by atoms with Gasteiger partial charge in [-0.3, -0.25) is 0 Å². The molecule has 0 unspecified atom stereocenters. The number of rotatable bonds is 2. The summed E-state index contributed by atoms with van der Waals surface area (Å²) in [4.78, 5) is 7.22. The summed E-state index contributed by atoms with van der Waals surface area (Å²) in [6, 6.07) is 48.4. The first-order chi connectivity index (χ1) is 21.7. The molecule has 0 radical (unpaired) electrons. The summed E-state index contributed by atoms with van der Waals surface area (Å²) in [6.45, 7) is 0.811. The van der Waals surface area contributed by atoms with E-state index in [0.29, 0.717) is 0 Å². The monoisotopic (exact) mass is 565 g/mol. The van der Waals surface area contributed by atoms with Gasteiger partial charge in [-0.1, -0.05) is 72.8 Å². The van der Waals surface area contributed by atoms with E-state index in [1.165, 1.54) is 66.1 Å². The number of hydrogen-bond donors (Lipinski definition) is 0. The Morgan fingerprint density at radius 2 is 1.02 bits per heavy atom. The third-order valence-corrected chi connectivity index (χ3v) is 9.45. The molecule has 0 aliphatic carbocycles. The maximum absolute atomic E-state index is 4.98. The van der Waals surface area contributed by atoms with Gasteiger partial charge in [0.25, 0.3) is 0 Å². The van der Waals surface area contributed by atoms with E-state index < -0.39 is 0 Å². The SMILES string of the molecule is CN1c2cc(-n3c4ccccc4c4cc(-n5c6ccccc6c6ccccc65)ccc43)ccc2Cn2c1nc1ccccc12. The van der Waals surface area contributed by atoms with Crippen LogP contribution in [0.2, 0.25) is 0 Å². The average Bonchev–Trinajstić information content (AvgIpc) is 3.73. The minimum Gasteiger partial charge on any atom is -0.315 e. The first-order valence-electron chi connectivity index (χ1n) is 15.1. The summed E-state index contributed by atoms with van der Waals surface area (Å²) in [6.07, 6.45) is 0. The van der Waals surface area contributed by atoms with Crippen LogP contribution in [0.4, 0.5) is 11.6 Å². The average molecular weight is 566 g/mol.